The lowest BCUT2D eigenvalue weighted by Crippen LogP contribution is -2.59. The average Bonchev–Trinajstić information content (AvgIpc) is 1.65. The van der Waals surface area contributed by atoms with E-state index in [-0.39, 0.29) is 34.9 Å². The molecule has 0 saturated heterocycles. The predicted molar refractivity (Wildman–Crippen MR) is 464 cm³/mol. The molecule has 2 unspecified atom stereocenters. The number of anilines is 5. The molecule has 16 aromatic rings. The minimum atomic E-state index is -0.193. The van der Waals surface area contributed by atoms with Gasteiger partial charge in [0.2, 0.25) is 6.71 Å². The zero-order valence-electron chi connectivity index (χ0n) is 64.7. The van der Waals surface area contributed by atoms with Gasteiger partial charge in [-0.15, -0.1) is 0 Å². The molecule has 17 rings (SSSR count). The summed E-state index contributed by atoms with van der Waals surface area (Å²) in [6, 6.07) is 109. The number of nitrogens with zero attached hydrogens (tertiary/aromatic N) is 4. The van der Waals surface area contributed by atoms with Crippen molar-refractivity contribution in [1.29, 1.82) is 0 Å². The molecule has 0 radical (unpaired) electrons. The lowest BCUT2D eigenvalue weighted by atomic mass is 9.31. The Hall–Kier alpha value is -10.9. The van der Waals surface area contributed by atoms with Crippen molar-refractivity contribution < 1.29 is 0 Å². The first-order valence-electron chi connectivity index (χ1n) is 39.1. The molecule has 4 atom stereocenters. The highest BCUT2D eigenvalue weighted by Gasteiger charge is 2.45. The maximum atomic E-state index is 4.45. The molecule has 0 aliphatic carbocycles. The SMILES string of the molecule is CCC(C)[C@@H](C)C(C)(C)NC(C)[C@@H](C)B1c2ccc(-n3c4ccc(C(C)(C)C)cc4c4cc(C(C)(C)C)ccc43)cc2N(c2c(-c3ccccc3)cccc2-c2ccccc2)c2cc(-c3ccc4c(c3)c3cccc5c6ccccc6n4c53)cc(N(CC)c3c(-c4ccccc4)cccc3-c3ccccc3)c21. The van der Waals surface area contributed by atoms with Gasteiger partial charge in [0.25, 0.3) is 0 Å². The van der Waals surface area contributed by atoms with E-state index in [4.69, 9.17) is 0 Å². The van der Waals surface area contributed by atoms with E-state index >= 15 is 0 Å². The summed E-state index contributed by atoms with van der Waals surface area (Å²) >= 11 is 0. The van der Waals surface area contributed by atoms with E-state index in [2.05, 4.69) is 406 Å². The molecule has 4 heterocycles. The fourth-order valence-electron chi connectivity index (χ4n) is 18.2. The molecule has 0 spiro atoms. The maximum Gasteiger partial charge on any atom is 0.221 e. The average molecular weight is 1390 g/mol. The summed E-state index contributed by atoms with van der Waals surface area (Å²) in [5, 5.41) is 12.0. The summed E-state index contributed by atoms with van der Waals surface area (Å²) in [4.78, 5) is 5.48. The number of rotatable bonds is 17. The van der Waals surface area contributed by atoms with Gasteiger partial charge in [-0.2, -0.15) is 0 Å². The number of hydrogen-bond donors (Lipinski definition) is 1. The van der Waals surface area contributed by atoms with E-state index in [9.17, 15) is 0 Å². The van der Waals surface area contributed by atoms with E-state index in [1.807, 2.05) is 0 Å². The van der Waals surface area contributed by atoms with Crippen molar-refractivity contribution in [1.82, 2.24) is 14.3 Å². The molecule has 0 saturated carbocycles. The number of hydrogen-bond acceptors (Lipinski definition) is 3. The van der Waals surface area contributed by atoms with E-state index in [0.29, 0.717) is 18.4 Å². The first-order chi connectivity index (χ1) is 51.7. The molecule has 6 heteroatoms. The van der Waals surface area contributed by atoms with Gasteiger partial charge in [0.1, 0.15) is 0 Å². The van der Waals surface area contributed by atoms with E-state index in [1.54, 1.807) is 0 Å². The highest BCUT2D eigenvalue weighted by atomic mass is 15.2. The van der Waals surface area contributed by atoms with Crippen molar-refractivity contribution in [2.45, 2.75) is 132 Å². The van der Waals surface area contributed by atoms with Crippen molar-refractivity contribution >= 4 is 106 Å². The van der Waals surface area contributed by atoms with E-state index in [1.165, 1.54) is 116 Å². The summed E-state index contributed by atoms with van der Waals surface area (Å²) in [5.74, 6) is 0.965. The van der Waals surface area contributed by atoms with Gasteiger partial charge in [0.05, 0.1) is 39.0 Å². The number of benzene rings is 13. The quantitative estimate of drug-likeness (QED) is 0.0921. The topological polar surface area (TPSA) is 27.9 Å². The number of nitrogens with one attached hydrogen (secondary N) is 1. The molecule has 0 fully saturated rings. The van der Waals surface area contributed by atoms with Gasteiger partial charge >= 0.3 is 0 Å². The molecule has 0 amide bonds. The standard InChI is InChI=1S/C101H98BN5/c1-15-64(3)65(4)101(13,14)103-67(6)66(5)102-87-54-53-76(105-89-56-51-74(99(7,8)9)61-85(89)86-62-75(100(10,11)12)52-57-90(86)105)63-92(87)107(97-79(70-38-25-19-26-39-70)45-32-46-80(97)71-40-27-20-28-41-71)94-60-73(72-50-55-91-84(58-72)83-48-33-47-82-81-42-29-30-49-88(81)106(91)98(82)83)59-93(95(94)102)104(16-2)96-77(68-34-21-17-22-35-68)43-31-44-78(96)69-36-23-18-24-37-69/h17-67,103H,15-16H2,1-14H3/t64?,65-,66-,67?/m1/s1. The van der Waals surface area contributed by atoms with Gasteiger partial charge in [-0.25, -0.2) is 0 Å². The monoisotopic (exact) mass is 1390 g/mol. The Labute approximate surface area is 633 Å². The fourth-order valence-corrected chi connectivity index (χ4v) is 18.2. The molecule has 3 aromatic heterocycles. The lowest BCUT2D eigenvalue weighted by molar-refractivity contribution is 0.182. The van der Waals surface area contributed by atoms with Crippen LogP contribution in [-0.4, -0.2) is 33.8 Å². The molecule has 1 N–H and O–H groups in total. The smallest absolute Gasteiger partial charge is 0.221 e. The van der Waals surface area contributed by atoms with Crippen LogP contribution in [0, 0.1) is 11.8 Å². The van der Waals surface area contributed by atoms with Crippen LogP contribution < -0.4 is 26.0 Å². The normalized spacial score (nSPS) is 14.0. The van der Waals surface area contributed by atoms with Crippen LogP contribution in [0.3, 0.4) is 0 Å². The van der Waals surface area contributed by atoms with Gasteiger partial charge in [0.15, 0.2) is 0 Å². The van der Waals surface area contributed by atoms with Crippen molar-refractivity contribution in [3.63, 3.8) is 0 Å². The third kappa shape index (κ3) is 11.7. The predicted octanol–water partition coefficient (Wildman–Crippen LogP) is 26.2. The summed E-state index contributed by atoms with van der Waals surface area (Å²) in [5.41, 5.74) is 29.5. The Morgan fingerprint density at radius 2 is 0.879 bits per heavy atom. The van der Waals surface area contributed by atoms with Gasteiger partial charge in [-0.3, -0.25) is 0 Å². The van der Waals surface area contributed by atoms with Crippen molar-refractivity contribution in [3.8, 4) is 61.3 Å². The number of para-hydroxylation sites is 4. The highest BCUT2D eigenvalue weighted by Crippen LogP contribution is 2.53. The Morgan fingerprint density at radius 3 is 1.42 bits per heavy atom. The molecule has 0 bridgehead atoms. The van der Waals surface area contributed by atoms with Gasteiger partial charge in [-0.05, 0) is 171 Å². The molecule has 13 aromatic carbocycles. The molecule has 1 aliphatic rings. The van der Waals surface area contributed by atoms with Crippen molar-refractivity contribution in [3.05, 3.63) is 296 Å². The van der Waals surface area contributed by atoms with Crippen LogP contribution in [0.1, 0.15) is 114 Å². The first-order valence-corrected chi connectivity index (χ1v) is 39.1. The summed E-state index contributed by atoms with van der Waals surface area (Å²) in [6.07, 6.45) is 1.12. The van der Waals surface area contributed by atoms with Crippen LogP contribution in [0.25, 0.3) is 121 Å². The van der Waals surface area contributed by atoms with Gasteiger partial charge < -0.3 is 24.1 Å². The minimum Gasteiger partial charge on any atom is -0.341 e. The third-order valence-electron chi connectivity index (χ3n) is 24.7. The summed E-state index contributed by atoms with van der Waals surface area (Å²) < 4.78 is 5.09. The molecule has 5 nitrogen and oxygen atoms in total. The fraction of sp³-hybridized carbons (Fsp3) is 0.228. The molecule has 530 valence electrons. The van der Waals surface area contributed by atoms with Crippen molar-refractivity contribution in [2.75, 3.05) is 16.3 Å². The molecular formula is C101H98BN5. The second-order valence-electron chi connectivity index (χ2n) is 33.4. The first kappa shape index (κ1) is 69.1. The number of fused-ring (bicyclic) bond motifs is 11. The van der Waals surface area contributed by atoms with Crippen LogP contribution >= 0.6 is 0 Å². The zero-order valence-corrected chi connectivity index (χ0v) is 64.7. The van der Waals surface area contributed by atoms with Crippen LogP contribution in [0.4, 0.5) is 28.4 Å². The Morgan fingerprint density at radius 1 is 0.402 bits per heavy atom. The van der Waals surface area contributed by atoms with Crippen LogP contribution in [0.2, 0.25) is 5.82 Å². The zero-order chi connectivity index (χ0) is 73.9. The number of aromatic nitrogens is 2. The van der Waals surface area contributed by atoms with Crippen LogP contribution in [0.5, 0.6) is 0 Å². The third-order valence-corrected chi connectivity index (χ3v) is 24.7. The second-order valence-corrected chi connectivity index (χ2v) is 33.4. The summed E-state index contributed by atoms with van der Waals surface area (Å²) in [6.45, 7) is 34.1. The van der Waals surface area contributed by atoms with Crippen molar-refractivity contribution in [2.24, 2.45) is 11.8 Å². The Bertz CT molecular complexity index is 5840. The van der Waals surface area contributed by atoms with Gasteiger partial charge in [0, 0.05) is 95.4 Å². The Balaban J connectivity index is 1.04. The van der Waals surface area contributed by atoms with Crippen LogP contribution in [0.15, 0.2) is 285 Å². The molecular weight excluding hydrogens is 1290 g/mol. The highest BCUT2D eigenvalue weighted by molar-refractivity contribution is 6.90. The van der Waals surface area contributed by atoms with E-state index in [0.717, 1.165) is 62.6 Å². The maximum absolute atomic E-state index is 4.45. The Kier molecular flexibility index (Phi) is 17.3. The van der Waals surface area contributed by atoms with Crippen LogP contribution in [-0.2, 0) is 10.8 Å². The minimum absolute atomic E-state index is 0.0353. The largest absolute Gasteiger partial charge is 0.341 e. The summed E-state index contributed by atoms with van der Waals surface area (Å²) in [7, 11) is 0. The second kappa shape index (κ2) is 26.8. The van der Waals surface area contributed by atoms with Gasteiger partial charge in [-0.1, -0.05) is 301 Å². The molecule has 107 heavy (non-hydrogen) atoms. The molecule has 1 aliphatic heterocycles. The lowest BCUT2D eigenvalue weighted by Gasteiger charge is -2.46. The van der Waals surface area contributed by atoms with E-state index < -0.39 is 0 Å².